The standard InChI is InChI=1S/C11H10O2S/c12-11(13)8-10-4-1-3-9(7-10)5-2-6-14/h1,3-4,7,14H,6,8H2,(H,12,13). The van der Waals surface area contributed by atoms with Crippen LogP contribution in [-0.4, -0.2) is 16.8 Å². The van der Waals surface area contributed by atoms with E-state index in [2.05, 4.69) is 24.5 Å². The molecule has 0 saturated carbocycles. The first kappa shape index (κ1) is 10.7. The molecule has 1 aromatic carbocycles. The summed E-state index contributed by atoms with van der Waals surface area (Å²) in [6.45, 7) is 0. The van der Waals surface area contributed by atoms with Crippen LogP contribution in [-0.2, 0) is 11.2 Å². The Morgan fingerprint density at radius 3 is 2.93 bits per heavy atom. The molecule has 3 heteroatoms. The van der Waals surface area contributed by atoms with Crippen molar-refractivity contribution in [2.24, 2.45) is 0 Å². The molecule has 1 N–H and O–H groups in total. The van der Waals surface area contributed by atoms with E-state index >= 15 is 0 Å². The molecule has 0 radical (unpaired) electrons. The Kier molecular flexibility index (Phi) is 4.09. The maximum Gasteiger partial charge on any atom is 0.307 e. The molecule has 1 rings (SSSR count). The Labute approximate surface area is 88.4 Å². The van der Waals surface area contributed by atoms with Crippen molar-refractivity contribution in [1.29, 1.82) is 0 Å². The minimum atomic E-state index is -0.829. The number of rotatable bonds is 2. The predicted molar refractivity (Wildman–Crippen MR) is 58.5 cm³/mol. The lowest BCUT2D eigenvalue weighted by molar-refractivity contribution is -0.136. The van der Waals surface area contributed by atoms with Gasteiger partial charge in [-0.25, -0.2) is 0 Å². The molecule has 0 atom stereocenters. The number of carboxylic acid groups (broad SMARTS) is 1. The molecule has 0 saturated heterocycles. The molecule has 0 unspecified atom stereocenters. The number of hydrogen-bond acceptors (Lipinski definition) is 2. The minimum Gasteiger partial charge on any atom is -0.481 e. The monoisotopic (exact) mass is 206 g/mol. The summed E-state index contributed by atoms with van der Waals surface area (Å²) in [5, 5.41) is 8.59. The summed E-state index contributed by atoms with van der Waals surface area (Å²) in [6, 6.07) is 7.22. The number of carbonyl (C=O) groups is 1. The van der Waals surface area contributed by atoms with Crippen molar-refractivity contribution in [3.63, 3.8) is 0 Å². The molecule has 0 heterocycles. The van der Waals surface area contributed by atoms with E-state index < -0.39 is 5.97 Å². The van der Waals surface area contributed by atoms with Crippen LogP contribution in [0.5, 0.6) is 0 Å². The van der Waals surface area contributed by atoms with Crippen molar-refractivity contribution >= 4 is 18.6 Å². The second-order valence-electron chi connectivity index (χ2n) is 2.73. The lowest BCUT2D eigenvalue weighted by atomic mass is 10.1. The average molecular weight is 206 g/mol. The Hall–Kier alpha value is -1.40. The van der Waals surface area contributed by atoms with Gasteiger partial charge in [-0.15, -0.1) is 0 Å². The molecule has 14 heavy (non-hydrogen) atoms. The van der Waals surface area contributed by atoms with Crippen LogP contribution in [0.1, 0.15) is 11.1 Å². The quantitative estimate of drug-likeness (QED) is 0.569. The topological polar surface area (TPSA) is 37.3 Å². The van der Waals surface area contributed by atoms with Gasteiger partial charge in [-0.3, -0.25) is 4.79 Å². The molecule has 1 aromatic rings. The Balaban J connectivity index is 2.84. The molecule has 0 aliphatic heterocycles. The molecule has 0 bridgehead atoms. The summed E-state index contributed by atoms with van der Waals surface area (Å²) in [5.41, 5.74) is 1.60. The van der Waals surface area contributed by atoms with Crippen LogP contribution in [0.15, 0.2) is 24.3 Å². The summed E-state index contributed by atoms with van der Waals surface area (Å²) >= 11 is 3.96. The van der Waals surface area contributed by atoms with Gasteiger partial charge in [0.25, 0.3) is 0 Å². The van der Waals surface area contributed by atoms with Crippen LogP contribution in [0, 0.1) is 11.8 Å². The molecule has 2 nitrogen and oxygen atoms in total. The van der Waals surface area contributed by atoms with Gasteiger partial charge in [0.1, 0.15) is 0 Å². The fourth-order valence-corrected chi connectivity index (χ4v) is 1.15. The van der Waals surface area contributed by atoms with Gasteiger partial charge >= 0.3 is 5.97 Å². The molecule has 0 aliphatic carbocycles. The zero-order valence-electron chi connectivity index (χ0n) is 7.53. The Morgan fingerprint density at radius 1 is 1.50 bits per heavy atom. The lowest BCUT2D eigenvalue weighted by Crippen LogP contribution is -1.99. The first-order chi connectivity index (χ1) is 6.72. The normalized spacial score (nSPS) is 8.93. The van der Waals surface area contributed by atoms with E-state index in [0.29, 0.717) is 5.75 Å². The van der Waals surface area contributed by atoms with Gasteiger partial charge in [0.2, 0.25) is 0 Å². The highest BCUT2D eigenvalue weighted by molar-refractivity contribution is 7.80. The largest absolute Gasteiger partial charge is 0.481 e. The van der Waals surface area contributed by atoms with E-state index in [1.807, 2.05) is 6.07 Å². The van der Waals surface area contributed by atoms with Crippen molar-refractivity contribution in [3.8, 4) is 11.8 Å². The number of aliphatic carboxylic acids is 1. The third-order valence-corrected chi connectivity index (χ3v) is 1.75. The van der Waals surface area contributed by atoms with Crippen LogP contribution in [0.3, 0.4) is 0 Å². The van der Waals surface area contributed by atoms with Gasteiger partial charge < -0.3 is 5.11 Å². The maximum absolute atomic E-state index is 10.4. The number of hydrogen-bond donors (Lipinski definition) is 2. The zero-order chi connectivity index (χ0) is 10.4. The molecule has 0 aliphatic rings. The molecule has 72 valence electrons. The third-order valence-electron chi connectivity index (χ3n) is 1.59. The van der Waals surface area contributed by atoms with Crippen LogP contribution in [0.2, 0.25) is 0 Å². The summed E-state index contributed by atoms with van der Waals surface area (Å²) in [4.78, 5) is 10.4. The van der Waals surface area contributed by atoms with Gasteiger partial charge in [0.15, 0.2) is 0 Å². The zero-order valence-corrected chi connectivity index (χ0v) is 8.42. The molecule has 0 spiro atoms. The highest BCUT2D eigenvalue weighted by Crippen LogP contribution is 2.04. The molecular formula is C11H10O2S. The van der Waals surface area contributed by atoms with E-state index in [9.17, 15) is 4.79 Å². The summed E-state index contributed by atoms with van der Waals surface area (Å²) in [6.07, 6.45) is 0.0381. The third kappa shape index (κ3) is 3.55. The first-order valence-electron chi connectivity index (χ1n) is 4.13. The van der Waals surface area contributed by atoms with E-state index in [1.165, 1.54) is 0 Å². The van der Waals surface area contributed by atoms with Gasteiger partial charge in [0, 0.05) is 5.56 Å². The lowest BCUT2D eigenvalue weighted by Gasteiger charge is -1.96. The van der Waals surface area contributed by atoms with E-state index in [4.69, 9.17) is 5.11 Å². The molecule has 0 aromatic heterocycles. The highest BCUT2D eigenvalue weighted by Gasteiger charge is 1.99. The van der Waals surface area contributed by atoms with E-state index in [-0.39, 0.29) is 6.42 Å². The van der Waals surface area contributed by atoms with Crippen molar-refractivity contribution < 1.29 is 9.90 Å². The summed E-state index contributed by atoms with van der Waals surface area (Å²) in [7, 11) is 0. The second-order valence-corrected chi connectivity index (χ2v) is 3.05. The van der Waals surface area contributed by atoms with Crippen molar-refractivity contribution in [3.05, 3.63) is 35.4 Å². The van der Waals surface area contributed by atoms with Crippen molar-refractivity contribution in [2.45, 2.75) is 6.42 Å². The fourth-order valence-electron chi connectivity index (χ4n) is 1.08. The van der Waals surface area contributed by atoms with E-state index in [1.54, 1.807) is 18.2 Å². The van der Waals surface area contributed by atoms with Crippen molar-refractivity contribution in [1.82, 2.24) is 0 Å². The smallest absolute Gasteiger partial charge is 0.307 e. The molecule has 0 fully saturated rings. The Morgan fingerprint density at radius 2 is 2.29 bits per heavy atom. The summed E-state index contributed by atoms with van der Waals surface area (Å²) in [5.74, 6) is 5.37. The second kappa shape index (κ2) is 5.36. The highest BCUT2D eigenvalue weighted by atomic mass is 32.1. The van der Waals surface area contributed by atoms with Gasteiger partial charge in [-0.2, -0.15) is 12.6 Å². The van der Waals surface area contributed by atoms with Gasteiger partial charge in [-0.1, -0.05) is 24.0 Å². The number of benzene rings is 1. The van der Waals surface area contributed by atoms with Gasteiger partial charge in [-0.05, 0) is 17.7 Å². The van der Waals surface area contributed by atoms with Crippen LogP contribution in [0.4, 0.5) is 0 Å². The number of thiol groups is 1. The van der Waals surface area contributed by atoms with E-state index in [0.717, 1.165) is 11.1 Å². The van der Waals surface area contributed by atoms with Crippen LogP contribution >= 0.6 is 12.6 Å². The maximum atomic E-state index is 10.4. The van der Waals surface area contributed by atoms with Crippen LogP contribution in [0.25, 0.3) is 0 Å². The minimum absolute atomic E-state index is 0.0381. The predicted octanol–water partition coefficient (Wildman–Crippen LogP) is 1.59. The fraction of sp³-hybridized carbons (Fsp3) is 0.182. The average Bonchev–Trinajstić information content (AvgIpc) is 2.14. The number of carboxylic acids is 1. The first-order valence-corrected chi connectivity index (χ1v) is 4.76. The Bertz CT molecular complexity index is 388. The SMILES string of the molecule is O=C(O)Cc1cccc(C#CCS)c1. The van der Waals surface area contributed by atoms with Crippen LogP contribution < -0.4 is 0 Å². The summed E-state index contributed by atoms with van der Waals surface area (Å²) < 4.78 is 0. The van der Waals surface area contributed by atoms with Crippen molar-refractivity contribution in [2.75, 3.05) is 5.75 Å². The molecular weight excluding hydrogens is 196 g/mol. The van der Waals surface area contributed by atoms with Gasteiger partial charge in [0.05, 0.1) is 12.2 Å². The molecule has 0 amide bonds.